The van der Waals surface area contributed by atoms with E-state index in [1.165, 1.54) is 11.1 Å². The first-order valence-corrected chi connectivity index (χ1v) is 9.65. The Balaban J connectivity index is 1.29. The Morgan fingerprint density at radius 1 is 0.571 bits per heavy atom. The Labute approximate surface area is 166 Å². The van der Waals surface area contributed by atoms with E-state index >= 15 is 0 Å². The average molecular weight is 368 g/mol. The maximum absolute atomic E-state index is 4.38. The zero-order valence-corrected chi connectivity index (χ0v) is 15.9. The Hall–Kier alpha value is -3.40. The molecule has 0 bridgehead atoms. The molecular formula is C24H24N4. The summed E-state index contributed by atoms with van der Waals surface area (Å²) in [5, 5.41) is 0. The van der Waals surface area contributed by atoms with Crippen molar-refractivity contribution in [3.8, 4) is 0 Å². The van der Waals surface area contributed by atoms with Crippen LogP contribution in [0.15, 0.2) is 109 Å². The molecule has 0 aromatic carbocycles. The lowest BCUT2D eigenvalue weighted by molar-refractivity contribution is 0.500. The van der Waals surface area contributed by atoms with Crippen LogP contribution in [0.2, 0.25) is 0 Å². The van der Waals surface area contributed by atoms with E-state index in [-0.39, 0.29) is 0 Å². The van der Waals surface area contributed by atoms with Crippen LogP contribution in [0.3, 0.4) is 0 Å². The highest BCUT2D eigenvalue weighted by Crippen LogP contribution is 2.19. The van der Waals surface area contributed by atoms with Crippen LogP contribution >= 0.6 is 0 Å². The van der Waals surface area contributed by atoms with Gasteiger partial charge in [-0.2, -0.15) is 0 Å². The molecule has 4 heterocycles. The Kier molecular flexibility index (Phi) is 5.78. The van der Waals surface area contributed by atoms with Crippen LogP contribution in [0.25, 0.3) is 0 Å². The molecule has 28 heavy (non-hydrogen) atoms. The van der Waals surface area contributed by atoms with Gasteiger partial charge in [0.15, 0.2) is 0 Å². The molecule has 0 fully saturated rings. The fourth-order valence-electron chi connectivity index (χ4n) is 3.18. The molecule has 0 saturated heterocycles. The average Bonchev–Trinajstić information content (AvgIpc) is 2.78. The molecule has 0 spiro atoms. The summed E-state index contributed by atoms with van der Waals surface area (Å²) >= 11 is 0. The molecule has 0 atom stereocenters. The highest BCUT2D eigenvalue weighted by atomic mass is 15.1. The third-order valence-corrected chi connectivity index (χ3v) is 4.82. The highest BCUT2D eigenvalue weighted by Gasteiger charge is 2.07. The molecule has 4 nitrogen and oxygen atoms in total. The first kappa shape index (κ1) is 18.0. The quantitative estimate of drug-likeness (QED) is 0.763. The van der Waals surface area contributed by atoms with E-state index in [0.29, 0.717) is 0 Å². The Morgan fingerprint density at radius 3 is 1.36 bits per heavy atom. The normalized spacial score (nSPS) is 15.6. The summed E-state index contributed by atoms with van der Waals surface area (Å²) < 4.78 is 0. The molecule has 2 aliphatic heterocycles. The number of rotatable bonds is 6. The van der Waals surface area contributed by atoms with Crippen LogP contribution in [0.5, 0.6) is 0 Å². The van der Waals surface area contributed by atoms with Gasteiger partial charge in [-0.15, -0.1) is 0 Å². The number of hydrogen-bond donors (Lipinski definition) is 0. The molecule has 4 rings (SSSR count). The van der Waals surface area contributed by atoms with Crippen LogP contribution in [-0.2, 0) is 12.8 Å². The van der Waals surface area contributed by atoms with Crippen molar-refractivity contribution in [3.05, 3.63) is 120 Å². The lowest BCUT2D eigenvalue weighted by Crippen LogP contribution is -2.17. The van der Waals surface area contributed by atoms with Crippen molar-refractivity contribution in [1.82, 2.24) is 19.8 Å². The molecule has 2 aromatic rings. The third-order valence-electron chi connectivity index (χ3n) is 4.82. The first-order valence-electron chi connectivity index (χ1n) is 9.65. The molecule has 140 valence electrons. The van der Waals surface area contributed by atoms with Crippen molar-refractivity contribution in [2.24, 2.45) is 0 Å². The summed E-state index contributed by atoms with van der Waals surface area (Å²) in [7, 11) is 0. The van der Waals surface area contributed by atoms with Gasteiger partial charge in [-0.3, -0.25) is 9.97 Å². The van der Waals surface area contributed by atoms with Crippen LogP contribution in [-0.4, -0.2) is 32.9 Å². The van der Waals surface area contributed by atoms with Gasteiger partial charge in [0.1, 0.15) is 0 Å². The molecule has 0 N–H and O–H groups in total. The van der Waals surface area contributed by atoms with E-state index in [2.05, 4.69) is 81.0 Å². The second-order valence-electron chi connectivity index (χ2n) is 6.79. The van der Waals surface area contributed by atoms with Gasteiger partial charge in [-0.1, -0.05) is 12.1 Å². The van der Waals surface area contributed by atoms with Crippen molar-refractivity contribution in [3.63, 3.8) is 0 Å². The maximum atomic E-state index is 4.38. The minimum Gasteiger partial charge on any atom is -0.354 e. The Morgan fingerprint density at radius 2 is 1.00 bits per heavy atom. The molecule has 2 aliphatic rings. The molecule has 0 radical (unpaired) electrons. The van der Waals surface area contributed by atoms with Gasteiger partial charge in [0.2, 0.25) is 0 Å². The van der Waals surface area contributed by atoms with Crippen LogP contribution < -0.4 is 0 Å². The fraction of sp³-hybridized carbons (Fsp3) is 0.167. The van der Waals surface area contributed by atoms with Gasteiger partial charge < -0.3 is 9.80 Å². The molecule has 0 unspecified atom stereocenters. The van der Waals surface area contributed by atoms with E-state index < -0.39 is 0 Å². The summed E-state index contributed by atoms with van der Waals surface area (Å²) in [6.45, 7) is 1.86. The third kappa shape index (κ3) is 4.86. The Bertz CT molecular complexity index is 814. The zero-order valence-electron chi connectivity index (χ0n) is 15.9. The second kappa shape index (κ2) is 9.00. The fourth-order valence-corrected chi connectivity index (χ4v) is 3.18. The van der Waals surface area contributed by atoms with Gasteiger partial charge in [-0.05, 0) is 59.7 Å². The number of allylic oxidation sites excluding steroid dienone is 6. The topological polar surface area (TPSA) is 32.3 Å². The van der Waals surface area contributed by atoms with Crippen molar-refractivity contribution in [2.75, 3.05) is 13.1 Å². The van der Waals surface area contributed by atoms with Gasteiger partial charge in [0, 0.05) is 74.5 Å². The smallest absolute Gasteiger partial charge is 0.0421 e. The van der Waals surface area contributed by atoms with Gasteiger partial charge >= 0.3 is 0 Å². The standard InChI is InChI=1S/C24H24N4/c1-3-13-25-23(5-1)11-19-27-15-7-21(8-16-27)22-9-17-28(18-10-22)20-12-24-6-2-4-14-26-24/h1-10,13-18H,11-12,19-20H2. The summed E-state index contributed by atoms with van der Waals surface area (Å²) in [6, 6.07) is 12.1. The van der Waals surface area contributed by atoms with Crippen molar-refractivity contribution >= 4 is 0 Å². The second-order valence-corrected chi connectivity index (χ2v) is 6.79. The van der Waals surface area contributed by atoms with E-state index in [0.717, 1.165) is 37.3 Å². The summed E-state index contributed by atoms with van der Waals surface area (Å²) in [5.41, 5.74) is 4.70. The molecule has 0 aliphatic carbocycles. The molecule has 4 heteroatoms. The van der Waals surface area contributed by atoms with Crippen molar-refractivity contribution in [1.29, 1.82) is 0 Å². The molecule has 2 aromatic heterocycles. The van der Waals surface area contributed by atoms with E-state index in [1.807, 2.05) is 36.7 Å². The number of nitrogens with zero attached hydrogens (tertiary/aromatic N) is 4. The molecule has 0 saturated carbocycles. The minimum absolute atomic E-state index is 0.930. The largest absolute Gasteiger partial charge is 0.354 e. The highest BCUT2D eigenvalue weighted by molar-refractivity contribution is 5.49. The van der Waals surface area contributed by atoms with Crippen molar-refractivity contribution < 1.29 is 0 Å². The molecule has 0 amide bonds. The summed E-state index contributed by atoms with van der Waals surface area (Å²) in [6.07, 6.45) is 22.8. The number of hydrogen-bond acceptors (Lipinski definition) is 4. The SMILES string of the molecule is C1=CN(CCc2ccccn2)C=CC1=C1C=CN(CCc2ccccn2)C=C1. The monoisotopic (exact) mass is 368 g/mol. The number of aromatic nitrogens is 2. The number of pyridine rings is 2. The zero-order chi connectivity index (χ0) is 19.0. The van der Waals surface area contributed by atoms with Gasteiger partial charge in [0.25, 0.3) is 0 Å². The predicted molar refractivity (Wildman–Crippen MR) is 113 cm³/mol. The van der Waals surface area contributed by atoms with Gasteiger partial charge in [-0.25, -0.2) is 0 Å². The molecular weight excluding hydrogens is 344 g/mol. The van der Waals surface area contributed by atoms with Crippen LogP contribution in [0.1, 0.15) is 11.4 Å². The van der Waals surface area contributed by atoms with E-state index in [4.69, 9.17) is 0 Å². The minimum atomic E-state index is 0.930. The first-order chi connectivity index (χ1) is 13.9. The summed E-state index contributed by atoms with van der Waals surface area (Å²) in [5.74, 6) is 0. The maximum Gasteiger partial charge on any atom is 0.0421 e. The lowest BCUT2D eigenvalue weighted by Gasteiger charge is -2.21. The van der Waals surface area contributed by atoms with E-state index in [9.17, 15) is 0 Å². The van der Waals surface area contributed by atoms with Crippen LogP contribution in [0.4, 0.5) is 0 Å². The predicted octanol–water partition coefficient (Wildman–Crippen LogP) is 4.24. The van der Waals surface area contributed by atoms with Crippen LogP contribution in [0, 0.1) is 0 Å². The lowest BCUT2D eigenvalue weighted by atomic mass is 10.0. The van der Waals surface area contributed by atoms with E-state index in [1.54, 1.807) is 0 Å². The van der Waals surface area contributed by atoms with Crippen molar-refractivity contribution in [2.45, 2.75) is 12.8 Å². The van der Waals surface area contributed by atoms with Gasteiger partial charge in [0.05, 0.1) is 0 Å². The summed E-state index contributed by atoms with van der Waals surface area (Å²) in [4.78, 5) is 13.2.